The summed E-state index contributed by atoms with van der Waals surface area (Å²) in [6, 6.07) is 11.3. The van der Waals surface area contributed by atoms with Crippen molar-refractivity contribution in [3.8, 4) is 5.88 Å². The van der Waals surface area contributed by atoms with Crippen LogP contribution in [0, 0.1) is 6.92 Å². The van der Waals surface area contributed by atoms with Crippen molar-refractivity contribution < 1.29 is 18.3 Å². The molecule has 0 spiro atoms. The molecule has 2 heterocycles. The van der Waals surface area contributed by atoms with Gasteiger partial charge >= 0.3 is 6.61 Å². The predicted octanol–water partition coefficient (Wildman–Crippen LogP) is 4.13. The summed E-state index contributed by atoms with van der Waals surface area (Å²) in [5, 5.41) is 6.02. The molecule has 2 N–H and O–H groups in total. The van der Waals surface area contributed by atoms with Gasteiger partial charge in [0.1, 0.15) is 5.69 Å². The largest absolute Gasteiger partial charge is 0.415 e. The maximum Gasteiger partial charge on any atom is 0.388 e. The van der Waals surface area contributed by atoms with Crippen LogP contribution < -0.4 is 15.4 Å². The van der Waals surface area contributed by atoms with Crippen molar-refractivity contribution in [1.29, 1.82) is 0 Å². The van der Waals surface area contributed by atoms with E-state index in [1.165, 1.54) is 18.4 Å². The number of rotatable bonds is 6. The molecule has 29 heavy (non-hydrogen) atoms. The Bertz CT molecular complexity index is 893. The SMILES string of the molecule is Cc1ccc(NC(=O)C2(c3ccccc3C3CCCC3)CNC2)c(OC(F)F)n1. The molecule has 1 aliphatic heterocycles. The van der Waals surface area contributed by atoms with Gasteiger partial charge in [0.2, 0.25) is 11.8 Å². The minimum Gasteiger partial charge on any atom is -0.415 e. The third kappa shape index (κ3) is 3.83. The molecular weight excluding hydrogens is 376 g/mol. The van der Waals surface area contributed by atoms with Gasteiger partial charge in [0.15, 0.2) is 0 Å². The Morgan fingerprint density at radius 3 is 2.59 bits per heavy atom. The maximum atomic E-state index is 13.4. The van der Waals surface area contributed by atoms with Crippen LogP contribution in [0.1, 0.15) is 48.4 Å². The van der Waals surface area contributed by atoms with E-state index >= 15 is 0 Å². The van der Waals surface area contributed by atoms with Crippen LogP contribution in [-0.4, -0.2) is 30.6 Å². The van der Waals surface area contributed by atoms with Crippen molar-refractivity contribution in [2.75, 3.05) is 18.4 Å². The van der Waals surface area contributed by atoms with Gasteiger partial charge in [0, 0.05) is 18.8 Å². The zero-order valence-corrected chi connectivity index (χ0v) is 16.4. The minimum absolute atomic E-state index is 0.158. The average Bonchev–Trinajstić information content (AvgIpc) is 3.18. The number of hydrogen-bond acceptors (Lipinski definition) is 4. The fourth-order valence-corrected chi connectivity index (χ4v) is 4.42. The number of carbonyl (C=O) groups excluding carboxylic acids is 1. The van der Waals surface area contributed by atoms with Crippen molar-refractivity contribution in [3.63, 3.8) is 0 Å². The minimum atomic E-state index is -3.01. The summed E-state index contributed by atoms with van der Waals surface area (Å²) in [6.45, 7) is -0.318. The molecule has 154 valence electrons. The number of amides is 1. The van der Waals surface area contributed by atoms with Gasteiger partial charge < -0.3 is 15.4 Å². The second-order valence-electron chi connectivity index (χ2n) is 7.89. The molecule has 0 bridgehead atoms. The van der Waals surface area contributed by atoms with Crippen molar-refractivity contribution in [2.45, 2.75) is 50.6 Å². The quantitative estimate of drug-likeness (QED) is 0.764. The molecule has 1 saturated heterocycles. The van der Waals surface area contributed by atoms with Gasteiger partial charge in [0.25, 0.3) is 0 Å². The second kappa shape index (κ2) is 8.06. The molecule has 1 amide bonds. The number of pyridine rings is 1. The van der Waals surface area contributed by atoms with Gasteiger partial charge in [-0.3, -0.25) is 4.79 Å². The van der Waals surface area contributed by atoms with Gasteiger partial charge in [-0.05, 0) is 48.9 Å². The number of nitrogens with zero attached hydrogens (tertiary/aromatic N) is 1. The Kier molecular flexibility index (Phi) is 5.50. The summed E-state index contributed by atoms with van der Waals surface area (Å²) in [6.07, 6.45) is 4.69. The van der Waals surface area contributed by atoms with E-state index in [-0.39, 0.29) is 17.5 Å². The molecule has 2 fully saturated rings. The number of anilines is 1. The molecule has 1 saturated carbocycles. The Labute approximate surface area is 168 Å². The van der Waals surface area contributed by atoms with E-state index in [0.717, 1.165) is 18.4 Å². The lowest BCUT2D eigenvalue weighted by atomic mass is 9.70. The first-order valence-corrected chi connectivity index (χ1v) is 10.0. The van der Waals surface area contributed by atoms with E-state index in [2.05, 4.69) is 26.4 Å². The molecule has 0 atom stereocenters. The first-order valence-electron chi connectivity index (χ1n) is 10.0. The molecule has 0 unspecified atom stereocenters. The lowest BCUT2D eigenvalue weighted by Gasteiger charge is -2.43. The van der Waals surface area contributed by atoms with Crippen molar-refractivity contribution >= 4 is 11.6 Å². The van der Waals surface area contributed by atoms with E-state index in [1.54, 1.807) is 19.1 Å². The number of aryl methyl sites for hydroxylation is 1. The van der Waals surface area contributed by atoms with Gasteiger partial charge in [0.05, 0.1) is 5.41 Å². The normalized spacial score (nSPS) is 18.5. The first-order chi connectivity index (χ1) is 14.0. The molecular formula is C22H25F2N3O2. The highest BCUT2D eigenvalue weighted by Crippen LogP contribution is 2.41. The van der Waals surface area contributed by atoms with E-state index in [0.29, 0.717) is 24.7 Å². The molecule has 1 aromatic heterocycles. The van der Waals surface area contributed by atoms with E-state index in [1.807, 2.05) is 18.2 Å². The number of carbonyl (C=O) groups is 1. The highest BCUT2D eigenvalue weighted by molar-refractivity contribution is 6.01. The molecule has 7 heteroatoms. The topological polar surface area (TPSA) is 63.2 Å². The molecule has 2 aliphatic rings. The van der Waals surface area contributed by atoms with Gasteiger partial charge in [-0.1, -0.05) is 37.1 Å². The number of halogens is 2. The number of hydrogen-bond donors (Lipinski definition) is 2. The van der Waals surface area contributed by atoms with Crippen LogP contribution >= 0.6 is 0 Å². The van der Waals surface area contributed by atoms with Crippen molar-refractivity contribution in [2.24, 2.45) is 0 Å². The number of nitrogens with one attached hydrogen (secondary N) is 2. The maximum absolute atomic E-state index is 13.4. The van der Waals surface area contributed by atoms with Crippen LogP contribution in [0.4, 0.5) is 14.5 Å². The lowest BCUT2D eigenvalue weighted by Crippen LogP contribution is -2.63. The molecule has 4 rings (SSSR count). The van der Waals surface area contributed by atoms with E-state index in [4.69, 9.17) is 0 Å². The summed E-state index contributed by atoms with van der Waals surface area (Å²) < 4.78 is 30.1. The number of benzene rings is 1. The Balaban J connectivity index is 1.65. The van der Waals surface area contributed by atoms with E-state index < -0.39 is 12.0 Å². The monoisotopic (exact) mass is 401 g/mol. The van der Waals surface area contributed by atoms with Crippen LogP contribution in [-0.2, 0) is 10.2 Å². The second-order valence-corrected chi connectivity index (χ2v) is 7.89. The van der Waals surface area contributed by atoms with Crippen LogP contribution in [0.2, 0.25) is 0 Å². The molecule has 1 aliphatic carbocycles. The van der Waals surface area contributed by atoms with Gasteiger partial charge in [-0.2, -0.15) is 8.78 Å². The highest BCUT2D eigenvalue weighted by atomic mass is 19.3. The Morgan fingerprint density at radius 2 is 1.93 bits per heavy atom. The Morgan fingerprint density at radius 1 is 1.21 bits per heavy atom. The zero-order chi connectivity index (χ0) is 20.4. The Hall–Kier alpha value is -2.54. The standard InChI is InChI=1S/C22H25F2N3O2/c1-14-10-11-18(19(26-14)29-21(23)24)27-20(28)22(12-25-13-22)17-9-5-4-8-16(17)15-6-2-3-7-15/h4-5,8-11,15,21,25H,2-3,6-7,12-13H2,1H3,(H,27,28). The average molecular weight is 401 g/mol. The molecule has 5 nitrogen and oxygen atoms in total. The third-order valence-corrected chi connectivity index (χ3v) is 6.01. The number of ether oxygens (including phenoxy) is 1. The van der Waals surface area contributed by atoms with Gasteiger partial charge in [-0.15, -0.1) is 0 Å². The summed E-state index contributed by atoms with van der Waals surface area (Å²) in [4.78, 5) is 17.4. The molecule has 0 radical (unpaired) electrons. The summed E-state index contributed by atoms with van der Waals surface area (Å²) >= 11 is 0. The zero-order valence-electron chi connectivity index (χ0n) is 16.4. The van der Waals surface area contributed by atoms with Crippen LogP contribution in [0.5, 0.6) is 5.88 Å². The summed E-state index contributed by atoms with van der Waals surface area (Å²) in [5.74, 6) is -0.0263. The molecule has 2 aromatic rings. The number of alkyl halides is 2. The fraction of sp³-hybridized carbons (Fsp3) is 0.455. The third-order valence-electron chi connectivity index (χ3n) is 6.01. The predicted molar refractivity (Wildman–Crippen MR) is 106 cm³/mol. The molecule has 1 aromatic carbocycles. The summed E-state index contributed by atoms with van der Waals surface area (Å²) in [5.41, 5.74) is 2.22. The van der Waals surface area contributed by atoms with Gasteiger partial charge in [-0.25, -0.2) is 4.98 Å². The van der Waals surface area contributed by atoms with E-state index in [9.17, 15) is 13.6 Å². The lowest BCUT2D eigenvalue weighted by molar-refractivity contribution is -0.123. The van der Waals surface area contributed by atoms with Crippen LogP contribution in [0.15, 0.2) is 36.4 Å². The fourth-order valence-electron chi connectivity index (χ4n) is 4.42. The highest BCUT2D eigenvalue weighted by Gasteiger charge is 2.48. The first kappa shape index (κ1) is 19.8. The van der Waals surface area contributed by atoms with Crippen LogP contribution in [0.3, 0.4) is 0 Å². The van der Waals surface area contributed by atoms with Crippen LogP contribution in [0.25, 0.3) is 0 Å². The number of aromatic nitrogens is 1. The summed E-state index contributed by atoms with van der Waals surface area (Å²) in [7, 11) is 0. The van der Waals surface area contributed by atoms with Crippen molar-refractivity contribution in [1.82, 2.24) is 10.3 Å². The smallest absolute Gasteiger partial charge is 0.388 e. The van der Waals surface area contributed by atoms with Crippen molar-refractivity contribution in [3.05, 3.63) is 53.2 Å².